The molecule has 0 saturated heterocycles. The fraction of sp³-hybridized carbons (Fsp3) is 0.733. The standard InChI is InChI=1S/C15H24O/c1-11-5-4-7-15(3)8-6-13(9-14(11)15)12(2)10-16/h6,12,14,16H,1,4-5,7-10H2,2-3H3/t12-,14-,15+/m1/s1. The first-order valence-corrected chi connectivity index (χ1v) is 6.54. The van der Waals surface area contributed by atoms with Crippen molar-refractivity contribution in [3.63, 3.8) is 0 Å². The lowest BCUT2D eigenvalue weighted by molar-refractivity contribution is 0.147. The smallest absolute Gasteiger partial charge is 0.0493 e. The molecule has 1 N–H and O–H groups in total. The van der Waals surface area contributed by atoms with Gasteiger partial charge in [0.1, 0.15) is 0 Å². The van der Waals surface area contributed by atoms with Crippen LogP contribution in [-0.2, 0) is 0 Å². The average Bonchev–Trinajstić information content (AvgIpc) is 2.27. The molecule has 1 fully saturated rings. The molecule has 2 aliphatic carbocycles. The molecule has 0 spiro atoms. The molecule has 0 radical (unpaired) electrons. The van der Waals surface area contributed by atoms with Gasteiger partial charge < -0.3 is 5.11 Å². The van der Waals surface area contributed by atoms with Gasteiger partial charge in [-0.05, 0) is 43.4 Å². The SMILES string of the molecule is C=C1CCC[C@@]2(C)CC=C([C@H](C)CO)C[C@H]12. The van der Waals surface area contributed by atoms with Crippen molar-refractivity contribution in [1.82, 2.24) is 0 Å². The third-order valence-electron chi connectivity index (χ3n) is 4.76. The van der Waals surface area contributed by atoms with E-state index in [-0.39, 0.29) is 6.61 Å². The minimum Gasteiger partial charge on any atom is -0.396 e. The molecule has 0 aromatic heterocycles. The van der Waals surface area contributed by atoms with Crippen LogP contribution in [0.15, 0.2) is 23.8 Å². The van der Waals surface area contributed by atoms with Crippen LogP contribution >= 0.6 is 0 Å². The Balaban J connectivity index is 2.19. The van der Waals surface area contributed by atoms with E-state index in [9.17, 15) is 5.11 Å². The minimum absolute atomic E-state index is 0.280. The van der Waals surface area contributed by atoms with Crippen molar-refractivity contribution < 1.29 is 5.11 Å². The van der Waals surface area contributed by atoms with Gasteiger partial charge in [0.25, 0.3) is 0 Å². The molecule has 1 nitrogen and oxygen atoms in total. The van der Waals surface area contributed by atoms with E-state index in [0.717, 1.165) is 6.42 Å². The van der Waals surface area contributed by atoms with Crippen LogP contribution in [0.2, 0.25) is 0 Å². The number of allylic oxidation sites excluding steroid dienone is 2. The van der Waals surface area contributed by atoms with E-state index in [4.69, 9.17) is 0 Å². The summed E-state index contributed by atoms with van der Waals surface area (Å²) in [5.41, 5.74) is 3.35. The molecule has 1 saturated carbocycles. The summed E-state index contributed by atoms with van der Waals surface area (Å²) in [6.07, 6.45) is 8.56. The second-order valence-corrected chi connectivity index (χ2v) is 5.99. The highest BCUT2D eigenvalue weighted by Crippen LogP contribution is 2.52. The van der Waals surface area contributed by atoms with Gasteiger partial charge >= 0.3 is 0 Å². The van der Waals surface area contributed by atoms with Crippen molar-refractivity contribution in [2.75, 3.05) is 6.61 Å². The molecule has 2 aliphatic rings. The maximum atomic E-state index is 9.25. The second-order valence-electron chi connectivity index (χ2n) is 5.99. The topological polar surface area (TPSA) is 20.2 Å². The van der Waals surface area contributed by atoms with E-state index in [1.807, 2.05) is 0 Å². The zero-order chi connectivity index (χ0) is 11.8. The van der Waals surface area contributed by atoms with Gasteiger partial charge in [-0.2, -0.15) is 0 Å². The third-order valence-corrected chi connectivity index (χ3v) is 4.76. The van der Waals surface area contributed by atoms with Gasteiger partial charge in [0, 0.05) is 12.5 Å². The van der Waals surface area contributed by atoms with Crippen LogP contribution in [0.1, 0.15) is 46.0 Å². The molecule has 1 heteroatoms. The summed E-state index contributed by atoms with van der Waals surface area (Å²) in [4.78, 5) is 0. The van der Waals surface area contributed by atoms with E-state index >= 15 is 0 Å². The fourth-order valence-corrected chi connectivity index (χ4v) is 3.40. The lowest BCUT2D eigenvalue weighted by atomic mass is 9.59. The molecule has 0 bridgehead atoms. The van der Waals surface area contributed by atoms with Gasteiger partial charge in [-0.15, -0.1) is 0 Å². The Morgan fingerprint density at radius 2 is 2.38 bits per heavy atom. The third kappa shape index (κ3) is 1.98. The van der Waals surface area contributed by atoms with E-state index < -0.39 is 0 Å². The average molecular weight is 220 g/mol. The molecule has 0 amide bonds. The molecular weight excluding hydrogens is 196 g/mol. The zero-order valence-electron chi connectivity index (χ0n) is 10.6. The lowest BCUT2D eigenvalue weighted by Gasteiger charge is -2.46. The minimum atomic E-state index is 0.280. The number of rotatable bonds is 2. The Bertz CT molecular complexity index is 315. The molecule has 90 valence electrons. The Labute approximate surface area is 99.3 Å². The van der Waals surface area contributed by atoms with Gasteiger partial charge in [0.15, 0.2) is 0 Å². The summed E-state index contributed by atoms with van der Waals surface area (Å²) < 4.78 is 0. The van der Waals surface area contributed by atoms with Crippen molar-refractivity contribution >= 4 is 0 Å². The van der Waals surface area contributed by atoms with Crippen molar-refractivity contribution in [2.24, 2.45) is 17.3 Å². The van der Waals surface area contributed by atoms with Crippen LogP contribution in [0, 0.1) is 17.3 Å². The van der Waals surface area contributed by atoms with Crippen molar-refractivity contribution in [3.05, 3.63) is 23.8 Å². The summed E-state index contributed by atoms with van der Waals surface area (Å²) in [7, 11) is 0. The Kier molecular flexibility index (Phi) is 3.25. The van der Waals surface area contributed by atoms with Gasteiger partial charge in [0.05, 0.1) is 0 Å². The van der Waals surface area contributed by atoms with E-state index in [1.54, 1.807) is 0 Å². The highest BCUT2D eigenvalue weighted by Gasteiger charge is 2.40. The van der Waals surface area contributed by atoms with Crippen LogP contribution in [0.25, 0.3) is 0 Å². The monoisotopic (exact) mass is 220 g/mol. The summed E-state index contributed by atoms with van der Waals surface area (Å²) in [5.74, 6) is 0.995. The first-order valence-electron chi connectivity index (χ1n) is 6.54. The molecule has 0 heterocycles. The molecule has 0 aliphatic heterocycles. The molecule has 0 aromatic carbocycles. The molecular formula is C15H24O. The van der Waals surface area contributed by atoms with Gasteiger partial charge in [-0.3, -0.25) is 0 Å². The lowest BCUT2D eigenvalue weighted by Crippen LogP contribution is -2.35. The van der Waals surface area contributed by atoms with Crippen LogP contribution in [0.3, 0.4) is 0 Å². The first-order chi connectivity index (χ1) is 7.57. The number of hydrogen-bond acceptors (Lipinski definition) is 1. The summed E-state index contributed by atoms with van der Waals surface area (Å²) in [6, 6.07) is 0. The number of fused-ring (bicyclic) bond motifs is 1. The van der Waals surface area contributed by atoms with Crippen molar-refractivity contribution in [3.8, 4) is 0 Å². The molecule has 0 unspecified atom stereocenters. The van der Waals surface area contributed by atoms with Crippen molar-refractivity contribution in [2.45, 2.75) is 46.0 Å². The Morgan fingerprint density at radius 1 is 1.62 bits per heavy atom. The molecule has 16 heavy (non-hydrogen) atoms. The second kappa shape index (κ2) is 4.37. The largest absolute Gasteiger partial charge is 0.396 e. The predicted octanol–water partition coefficient (Wildman–Crippen LogP) is 3.70. The van der Waals surface area contributed by atoms with Gasteiger partial charge in [0.2, 0.25) is 0 Å². The van der Waals surface area contributed by atoms with Crippen LogP contribution < -0.4 is 0 Å². The van der Waals surface area contributed by atoms with Gasteiger partial charge in [-0.1, -0.05) is 37.6 Å². The normalized spacial score (nSPS) is 36.6. The highest BCUT2D eigenvalue weighted by molar-refractivity contribution is 5.22. The number of aliphatic hydroxyl groups excluding tert-OH is 1. The number of aliphatic hydroxyl groups is 1. The van der Waals surface area contributed by atoms with Crippen LogP contribution in [0.5, 0.6) is 0 Å². The molecule has 2 rings (SSSR count). The summed E-state index contributed by atoms with van der Waals surface area (Å²) in [6.45, 7) is 9.09. The Morgan fingerprint density at radius 3 is 3.06 bits per heavy atom. The highest BCUT2D eigenvalue weighted by atomic mass is 16.3. The quantitative estimate of drug-likeness (QED) is 0.704. The molecule has 3 atom stereocenters. The maximum absolute atomic E-state index is 9.25. The van der Waals surface area contributed by atoms with Crippen LogP contribution in [0.4, 0.5) is 0 Å². The Hall–Kier alpha value is -0.560. The number of hydrogen-bond donors (Lipinski definition) is 1. The van der Waals surface area contributed by atoms with Crippen molar-refractivity contribution in [1.29, 1.82) is 0 Å². The van der Waals surface area contributed by atoms with Gasteiger partial charge in [-0.25, -0.2) is 0 Å². The summed E-state index contributed by atoms with van der Waals surface area (Å²) in [5, 5.41) is 9.25. The predicted molar refractivity (Wildman–Crippen MR) is 68.2 cm³/mol. The van der Waals surface area contributed by atoms with E-state index in [1.165, 1.54) is 36.8 Å². The zero-order valence-corrected chi connectivity index (χ0v) is 10.6. The van der Waals surface area contributed by atoms with E-state index in [0.29, 0.717) is 17.3 Å². The van der Waals surface area contributed by atoms with E-state index in [2.05, 4.69) is 26.5 Å². The van der Waals surface area contributed by atoms with Crippen LogP contribution in [-0.4, -0.2) is 11.7 Å². The first kappa shape index (κ1) is 11.9. The molecule has 0 aromatic rings. The summed E-state index contributed by atoms with van der Waals surface area (Å²) >= 11 is 0. The fourth-order valence-electron chi connectivity index (χ4n) is 3.40. The maximum Gasteiger partial charge on any atom is 0.0493 e.